The minimum atomic E-state index is -0.569. The number of nitrogens with zero attached hydrogens (tertiary/aromatic N) is 1. The quantitative estimate of drug-likeness (QED) is 0.707. The summed E-state index contributed by atoms with van der Waals surface area (Å²) in [4.78, 5) is 25.0. The molecule has 2 amide bonds. The van der Waals surface area contributed by atoms with Crippen molar-refractivity contribution < 1.29 is 14.7 Å². The minimum absolute atomic E-state index is 0.00992. The third-order valence-corrected chi connectivity index (χ3v) is 2.96. The first kappa shape index (κ1) is 12.2. The summed E-state index contributed by atoms with van der Waals surface area (Å²) in [5, 5.41) is 8.88. The Morgan fingerprint density at radius 2 is 2.07 bits per heavy atom. The van der Waals surface area contributed by atoms with E-state index in [1.165, 1.54) is 4.90 Å². The molecule has 1 rings (SSSR count). The predicted octanol–water partition coefficient (Wildman–Crippen LogP) is 0.933. The van der Waals surface area contributed by atoms with Gasteiger partial charge in [0.1, 0.15) is 0 Å². The van der Waals surface area contributed by atoms with Gasteiger partial charge in [-0.15, -0.1) is 0 Å². The van der Waals surface area contributed by atoms with E-state index in [0.29, 0.717) is 12.8 Å². The van der Waals surface area contributed by atoms with Crippen molar-refractivity contribution in [2.45, 2.75) is 46.1 Å². The Morgan fingerprint density at radius 3 is 2.40 bits per heavy atom. The minimum Gasteiger partial charge on any atom is -0.396 e. The molecule has 0 radical (unpaired) electrons. The van der Waals surface area contributed by atoms with Crippen LogP contribution in [0.4, 0.5) is 0 Å². The molecule has 4 nitrogen and oxygen atoms in total. The van der Waals surface area contributed by atoms with E-state index < -0.39 is 5.41 Å². The van der Waals surface area contributed by atoms with Crippen molar-refractivity contribution in [2.24, 2.45) is 5.41 Å². The number of carbonyl (C=O) groups excluding carboxylic acids is 2. The Balaban J connectivity index is 2.85. The highest BCUT2D eigenvalue weighted by Crippen LogP contribution is 2.33. The van der Waals surface area contributed by atoms with Gasteiger partial charge >= 0.3 is 0 Å². The zero-order valence-electron chi connectivity index (χ0n) is 9.62. The first-order valence-corrected chi connectivity index (χ1v) is 5.41. The molecule has 1 fully saturated rings. The van der Waals surface area contributed by atoms with E-state index in [4.69, 9.17) is 5.11 Å². The van der Waals surface area contributed by atoms with Crippen LogP contribution in [0.1, 0.15) is 40.0 Å². The van der Waals surface area contributed by atoms with Crippen molar-refractivity contribution in [2.75, 3.05) is 6.61 Å². The van der Waals surface area contributed by atoms with Gasteiger partial charge in [-0.05, 0) is 12.8 Å². The van der Waals surface area contributed by atoms with E-state index in [1.54, 1.807) is 13.8 Å². The Bertz CT molecular complexity index is 273. The fourth-order valence-corrected chi connectivity index (χ4v) is 2.01. The van der Waals surface area contributed by atoms with Crippen molar-refractivity contribution in [1.29, 1.82) is 0 Å². The number of carbonyl (C=O) groups is 2. The smallest absolute Gasteiger partial charge is 0.235 e. The molecule has 1 N–H and O–H groups in total. The maximum Gasteiger partial charge on any atom is 0.235 e. The standard InChI is InChI=1S/C11H19NO3/c1-4-8(5-6-13)12-9(14)7-11(2,3)10(12)15/h8,13H,4-7H2,1-3H3. The molecule has 1 aliphatic rings. The molecule has 4 heteroatoms. The summed E-state index contributed by atoms with van der Waals surface area (Å²) in [5.41, 5.74) is -0.569. The summed E-state index contributed by atoms with van der Waals surface area (Å²) in [7, 11) is 0. The molecule has 0 spiro atoms. The van der Waals surface area contributed by atoms with Gasteiger partial charge in [-0.3, -0.25) is 14.5 Å². The van der Waals surface area contributed by atoms with Crippen LogP contribution in [0, 0.1) is 5.41 Å². The van der Waals surface area contributed by atoms with Crippen LogP contribution in [-0.4, -0.2) is 34.5 Å². The van der Waals surface area contributed by atoms with Crippen LogP contribution < -0.4 is 0 Å². The summed E-state index contributed by atoms with van der Waals surface area (Å²) < 4.78 is 0. The Labute approximate surface area is 90.3 Å². The van der Waals surface area contributed by atoms with Crippen molar-refractivity contribution in [1.82, 2.24) is 4.90 Å². The monoisotopic (exact) mass is 213 g/mol. The van der Waals surface area contributed by atoms with Crippen molar-refractivity contribution in [3.05, 3.63) is 0 Å². The molecule has 0 aliphatic carbocycles. The lowest BCUT2D eigenvalue weighted by Gasteiger charge is -2.26. The van der Waals surface area contributed by atoms with Crippen molar-refractivity contribution >= 4 is 11.8 Å². The maximum atomic E-state index is 11.9. The molecule has 0 aromatic heterocycles. The molecule has 1 aliphatic heterocycles. The fourth-order valence-electron chi connectivity index (χ4n) is 2.01. The zero-order chi connectivity index (χ0) is 11.6. The number of aliphatic hydroxyl groups is 1. The maximum absolute atomic E-state index is 11.9. The predicted molar refractivity (Wildman–Crippen MR) is 56.0 cm³/mol. The average Bonchev–Trinajstić information content (AvgIpc) is 2.34. The Kier molecular flexibility index (Phi) is 3.50. The summed E-state index contributed by atoms with van der Waals surface area (Å²) in [6.45, 7) is 5.51. The zero-order valence-corrected chi connectivity index (χ0v) is 9.62. The highest BCUT2D eigenvalue weighted by Gasteiger charge is 2.46. The van der Waals surface area contributed by atoms with E-state index in [2.05, 4.69) is 0 Å². The van der Waals surface area contributed by atoms with Gasteiger partial charge in [0.2, 0.25) is 11.8 Å². The van der Waals surface area contributed by atoms with Gasteiger partial charge in [-0.25, -0.2) is 0 Å². The Morgan fingerprint density at radius 1 is 1.47 bits per heavy atom. The molecule has 15 heavy (non-hydrogen) atoms. The normalized spacial score (nSPS) is 22.3. The molecule has 0 aromatic carbocycles. The summed E-state index contributed by atoms with van der Waals surface area (Å²) >= 11 is 0. The molecule has 1 saturated heterocycles. The van der Waals surface area contributed by atoms with Crippen LogP contribution in [0.2, 0.25) is 0 Å². The van der Waals surface area contributed by atoms with E-state index in [1.807, 2.05) is 6.92 Å². The summed E-state index contributed by atoms with van der Waals surface area (Å²) in [6.07, 6.45) is 1.46. The van der Waals surface area contributed by atoms with E-state index in [-0.39, 0.29) is 30.9 Å². The average molecular weight is 213 g/mol. The highest BCUT2D eigenvalue weighted by molar-refractivity contribution is 6.05. The Hall–Kier alpha value is -0.900. The number of likely N-dealkylation sites (tertiary alicyclic amines) is 1. The highest BCUT2D eigenvalue weighted by atomic mass is 16.3. The van der Waals surface area contributed by atoms with Gasteiger partial charge in [0, 0.05) is 19.1 Å². The molecule has 0 aromatic rings. The van der Waals surface area contributed by atoms with Crippen LogP contribution in [-0.2, 0) is 9.59 Å². The second-order valence-corrected chi connectivity index (χ2v) is 4.70. The lowest BCUT2D eigenvalue weighted by molar-refractivity contribution is -0.143. The van der Waals surface area contributed by atoms with Crippen LogP contribution in [0.5, 0.6) is 0 Å². The van der Waals surface area contributed by atoms with E-state index in [0.717, 1.165) is 0 Å². The van der Waals surface area contributed by atoms with Gasteiger partial charge in [-0.2, -0.15) is 0 Å². The number of hydrogen-bond acceptors (Lipinski definition) is 3. The number of aliphatic hydroxyl groups excluding tert-OH is 1. The molecule has 1 unspecified atom stereocenters. The lowest BCUT2D eigenvalue weighted by Crippen LogP contribution is -2.41. The van der Waals surface area contributed by atoms with Crippen LogP contribution >= 0.6 is 0 Å². The van der Waals surface area contributed by atoms with Gasteiger partial charge in [0.25, 0.3) is 0 Å². The SMILES string of the molecule is CCC(CCO)N1C(=O)CC(C)(C)C1=O. The lowest BCUT2D eigenvalue weighted by atomic mass is 9.92. The third kappa shape index (κ3) is 2.20. The van der Waals surface area contributed by atoms with Crippen LogP contribution in [0.25, 0.3) is 0 Å². The molecular formula is C11H19NO3. The fraction of sp³-hybridized carbons (Fsp3) is 0.818. The number of rotatable bonds is 4. The van der Waals surface area contributed by atoms with Gasteiger partial charge in [0.05, 0.1) is 5.41 Å². The first-order chi connectivity index (χ1) is 6.94. The molecule has 0 saturated carbocycles. The van der Waals surface area contributed by atoms with E-state index in [9.17, 15) is 9.59 Å². The van der Waals surface area contributed by atoms with Gasteiger partial charge < -0.3 is 5.11 Å². The van der Waals surface area contributed by atoms with Crippen molar-refractivity contribution in [3.8, 4) is 0 Å². The molecular weight excluding hydrogens is 194 g/mol. The van der Waals surface area contributed by atoms with Crippen molar-refractivity contribution in [3.63, 3.8) is 0 Å². The van der Waals surface area contributed by atoms with E-state index >= 15 is 0 Å². The molecule has 0 bridgehead atoms. The second-order valence-electron chi connectivity index (χ2n) is 4.70. The van der Waals surface area contributed by atoms with Gasteiger partial charge in [0.15, 0.2) is 0 Å². The third-order valence-electron chi connectivity index (χ3n) is 2.96. The van der Waals surface area contributed by atoms with Crippen LogP contribution in [0.3, 0.4) is 0 Å². The molecule has 1 atom stereocenters. The van der Waals surface area contributed by atoms with Gasteiger partial charge in [-0.1, -0.05) is 20.8 Å². The first-order valence-electron chi connectivity index (χ1n) is 5.41. The number of amides is 2. The molecule has 1 heterocycles. The topological polar surface area (TPSA) is 57.6 Å². The largest absolute Gasteiger partial charge is 0.396 e. The second kappa shape index (κ2) is 4.31. The number of hydrogen-bond donors (Lipinski definition) is 1. The summed E-state index contributed by atoms with van der Waals surface area (Å²) in [5.74, 6) is -0.210. The van der Waals surface area contributed by atoms with Crippen LogP contribution in [0.15, 0.2) is 0 Å². The number of imide groups is 1. The summed E-state index contributed by atoms with van der Waals surface area (Å²) in [6, 6.07) is -0.142. The molecule has 86 valence electrons.